The van der Waals surface area contributed by atoms with E-state index in [1.807, 2.05) is 38.1 Å². The van der Waals surface area contributed by atoms with Gasteiger partial charge in [-0.3, -0.25) is 14.4 Å². The van der Waals surface area contributed by atoms with Gasteiger partial charge >= 0.3 is 12.1 Å². The van der Waals surface area contributed by atoms with E-state index in [1.54, 1.807) is 53.0 Å². The average Bonchev–Trinajstić information content (AvgIpc) is 3.46. The highest BCUT2D eigenvalue weighted by Gasteiger charge is 2.57. The van der Waals surface area contributed by atoms with Crippen LogP contribution in [0.3, 0.4) is 0 Å². The van der Waals surface area contributed by atoms with Crippen LogP contribution in [-0.2, 0) is 23.9 Å². The molecule has 13 heteroatoms. The van der Waals surface area contributed by atoms with E-state index in [2.05, 4.69) is 10.6 Å². The average molecular weight is 745 g/mol. The lowest BCUT2D eigenvalue weighted by Gasteiger charge is -2.41. The molecule has 1 aliphatic carbocycles. The van der Waals surface area contributed by atoms with Crippen molar-refractivity contribution in [1.29, 1.82) is 0 Å². The normalized spacial score (nSPS) is 27.1. The molecule has 3 aliphatic heterocycles. The Kier molecular flexibility index (Phi) is 10.8. The van der Waals surface area contributed by atoms with E-state index < -0.39 is 58.6 Å². The van der Waals surface area contributed by atoms with Gasteiger partial charge in [-0.15, -0.1) is 0 Å². The maximum Gasteiger partial charge on any atom is 0.408 e. The van der Waals surface area contributed by atoms with Crippen molar-refractivity contribution in [3.05, 3.63) is 53.8 Å². The first-order valence-corrected chi connectivity index (χ1v) is 19.0. The summed E-state index contributed by atoms with van der Waals surface area (Å²) < 4.78 is 23.4. The quantitative estimate of drug-likeness (QED) is 0.287. The number of nitrogens with one attached hydrogen (secondary N) is 2. The van der Waals surface area contributed by atoms with Crippen LogP contribution in [-0.4, -0.2) is 88.6 Å². The molecule has 5 unspecified atom stereocenters. The SMILES string of the molecule is CCOC(=O)C12C=CC1C=CCCCCCC(NC(=O)OC(C)(C)C)C(=O)N1CC3(CC(=O)c4c(c(C(C)C)nc5ccc(OC)cc45)O3)CC1C(=O)N2. The van der Waals surface area contributed by atoms with Crippen LogP contribution in [0.4, 0.5) is 4.79 Å². The smallest absolute Gasteiger partial charge is 0.408 e. The number of hydrogen-bond donors (Lipinski definition) is 2. The summed E-state index contributed by atoms with van der Waals surface area (Å²) in [6.45, 7) is 10.8. The fourth-order valence-electron chi connectivity index (χ4n) is 7.86. The van der Waals surface area contributed by atoms with Crippen molar-refractivity contribution in [3.63, 3.8) is 0 Å². The van der Waals surface area contributed by atoms with Gasteiger partial charge in [-0.05, 0) is 71.1 Å². The summed E-state index contributed by atoms with van der Waals surface area (Å²) in [6, 6.07) is 3.16. The fraction of sp³-hybridized carbons (Fsp3) is 0.561. The van der Waals surface area contributed by atoms with Crippen molar-refractivity contribution in [3.8, 4) is 11.5 Å². The molecule has 1 aromatic heterocycles. The molecule has 0 saturated carbocycles. The van der Waals surface area contributed by atoms with Crippen molar-refractivity contribution in [2.24, 2.45) is 5.92 Å². The van der Waals surface area contributed by atoms with Crippen LogP contribution < -0.4 is 20.1 Å². The second kappa shape index (κ2) is 15.1. The van der Waals surface area contributed by atoms with E-state index >= 15 is 0 Å². The van der Waals surface area contributed by atoms with Crippen LogP contribution in [0.5, 0.6) is 11.5 Å². The van der Waals surface area contributed by atoms with Gasteiger partial charge in [-0.2, -0.15) is 0 Å². The number of esters is 1. The van der Waals surface area contributed by atoms with Crippen LogP contribution in [0.1, 0.15) is 108 Å². The molecule has 6 rings (SSSR count). The molecule has 1 aromatic carbocycles. The number of carbonyl (C=O) groups is 5. The lowest BCUT2D eigenvalue weighted by atomic mass is 9.73. The molecule has 13 nitrogen and oxygen atoms in total. The van der Waals surface area contributed by atoms with E-state index in [0.717, 1.165) is 19.3 Å². The van der Waals surface area contributed by atoms with E-state index in [0.29, 0.717) is 46.5 Å². The molecule has 5 atom stereocenters. The molecule has 54 heavy (non-hydrogen) atoms. The number of ketones is 1. The molecule has 2 aromatic rings. The number of ether oxygens (including phenoxy) is 4. The molecular formula is C41H52N4O9. The number of alkyl carbamates (subject to hydrolysis) is 1. The van der Waals surface area contributed by atoms with Crippen LogP contribution in [0.25, 0.3) is 10.9 Å². The number of allylic oxidation sites excluding steroid dienone is 1. The van der Waals surface area contributed by atoms with E-state index in [9.17, 15) is 24.0 Å². The number of aromatic nitrogens is 1. The van der Waals surface area contributed by atoms with Gasteiger partial charge < -0.3 is 34.5 Å². The predicted molar refractivity (Wildman–Crippen MR) is 200 cm³/mol. The second-order valence-corrected chi connectivity index (χ2v) is 16.0. The van der Waals surface area contributed by atoms with Crippen molar-refractivity contribution in [2.45, 2.75) is 121 Å². The van der Waals surface area contributed by atoms with E-state index in [1.165, 1.54) is 4.90 Å². The standard InChI is InChI=1S/C41H52N4O9/c1-8-52-37(49)41-19-18-25(41)14-12-10-9-11-13-15-29(43-38(50)54-39(4,5)6)36(48)45-23-40(21-30(45)35(47)44-41)22-31(46)32-27-20-26(51-7)16-17-28(27)42-33(24(2)3)34(32)53-40/h12,14,16-20,24-25,29-30H,8-11,13,15,21-23H2,1-7H3,(H,43,50)(H,44,47). The topological polar surface area (TPSA) is 162 Å². The molecule has 4 aliphatic rings. The highest BCUT2D eigenvalue weighted by molar-refractivity contribution is 6.11. The number of amides is 3. The minimum atomic E-state index is -1.48. The lowest BCUT2D eigenvalue weighted by molar-refractivity contribution is -0.154. The third-order valence-corrected chi connectivity index (χ3v) is 10.5. The lowest BCUT2D eigenvalue weighted by Crippen LogP contribution is -2.65. The third-order valence-electron chi connectivity index (χ3n) is 10.5. The molecule has 3 amide bonds. The Bertz CT molecular complexity index is 1900. The Morgan fingerprint density at radius 3 is 2.57 bits per heavy atom. The molecule has 0 bridgehead atoms. The maximum atomic E-state index is 14.8. The van der Waals surface area contributed by atoms with Crippen molar-refractivity contribution >= 4 is 40.6 Å². The molecular weight excluding hydrogens is 692 g/mol. The highest BCUT2D eigenvalue weighted by Crippen LogP contribution is 2.47. The van der Waals surface area contributed by atoms with E-state index in [4.69, 9.17) is 23.9 Å². The molecule has 1 saturated heterocycles. The Morgan fingerprint density at radius 2 is 1.91 bits per heavy atom. The van der Waals surface area contributed by atoms with E-state index in [-0.39, 0.29) is 37.7 Å². The zero-order valence-corrected chi connectivity index (χ0v) is 32.3. The monoisotopic (exact) mass is 744 g/mol. The van der Waals surface area contributed by atoms with Crippen LogP contribution in [0, 0.1) is 5.92 Å². The molecule has 2 N–H and O–H groups in total. The van der Waals surface area contributed by atoms with Gasteiger partial charge in [0.2, 0.25) is 11.8 Å². The molecule has 1 fully saturated rings. The summed E-state index contributed by atoms with van der Waals surface area (Å²) in [5.41, 5.74) is -2.02. The number of pyridine rings is 1. The van der Waals surface area contributed by atoms with Crippen molar-refractivity contribution in [1.82, 2.24) is 20.5 Å². The Balaban J connectivity index is 1.43. The van der Waals surface area contributed by atoms with Gasteiger partial charge in [0, 0.05) is 17.7 Å². The molecule has 1 spiro atoms. The van der Waals surface area contributed by atoms with Gasteiger partial charge in [-0.1, -0.05) is 51.0 Å². The minimum Gasteiger partial charge on any atom is -0.497 e. The zero-order valence-electron chi connectivity index (χ0n) is 32.3. The van der Waals surface area contributed by atoms with Gasteiger partial charge in [0.25, 0.3) is 0 Å². The first-order valence-electron chi connectivity index (χ1n) is 19.0. The summed E-state index contributed by atoms with van der Waals surface area (Å²) in [6.07, 6.45) is 9.67. The van der Waals surface area contributed by atoms with Gasteiger partial charge in [0.1, 0.15) is 29.0 Å². The number of Topliss-reactive ketones (excluding diaryl/α,β-unsaturated/α-hetero) is 1. The number of rotatable bonds is 5. The number of carbonyl (C=O) groups excluding carboxylic acids is 5. The number of nitrogens with zero attached hydrogens (tertiary/aromatic N) is 2. The predicted octanol–water partition coefficient (Wildman–Crippen LogP) is 5.69. The van der Waals surface area contributed by atoms with Gasteiger partial charge in [-0.25, -0.2) is 14.6 Å². The molecule has 4 heterocycles. The maximum absolute atomic E-state index is 14.8. The van der Waals surface area contributed by atoms with Crippen LogP contribution >= 0.6 is 0 Å². The first kappa shape index (κ1) is 38.8. The Hall–Kier alpha value is -4.94. The largest absolute Gasteiger partial charge is 0.497 e. The molecule has 290 valence electrons. The third kappa shape index (κ3) is 7.54. The summed E-state index contributed by atoms with van der Waals surface area (Å²) >= 11 is 0. The molecule has 0 radical (unpaired) electrons. The summed E-state index contributed by atoms with van der Waals surface area (Å²) in [5, 5.41) is 6.32. The number of benzene rings is 1. The highest BCUT2D eigenvalue weighted by atomic mass is 16.6. The van der Waals surface area contributed by atoms with Crippen molar-refractivity contribution < 1.29 is 42.9 Å². The van der Waals surface area contributed by atoms with Crippen LogP contribution in [0.15, 0.2) is 42.5 Å². The van der Waals surface area contributed by atoms with Crippen LogP contribution in [0.2, 0.25) is 0 Å². The summed E-state index contributed by atoms with van der Waals surface area (Å²) in [4.78, 5) is 76.7. The fourth-order valence-corrected chi connectivity index (χ4v) is 7.86. The number of hydrogen-bond acceptors (Lipinski definition) is 10. The minimum absolute atomic E-state index is 0.0499. The van der Waals surface area contributed by atoms with Gasteiger partial charge in [0.05, 0.1) is 43.5 Å². The van der Waals surface area contributed by atoms with Crippen molar-refractivity contribution in [2.75, 3.05) is 20.3 Å². The summed E-state index contributed by atoms with van der Waals surface area (Å²) in [7, 11) is 1.55. The van der Waals surface area contributed by atoms with Gasteiger partial charge in [0.15, 0.2) is 17.1 Å². The Labute approximate surface area is 316 Å². The first-order chi connectivity index (χ1) is 25.6. The second-order valence-electron chi connectivity index (χ2n) is 16.0. The Morgan fingerprint density at radius 1 is 1.13 bits per heavy atom. The summed E-state index contributed by atoms with van der Waals surface area (Å²) in [5.74, 6) is -1.66. The number of methoxy groups -OCH3 is 1. The zero-order chi connectivity index (χ0) is 39.0. The number of fused-ring (bicyclic) bond motifs is 5.